The molecule has 3 heteroatoms. The number of aryl methyl sites for hydroxylation is 2. The number of imidazole rings is 1. The van der Waals surface area contributed by atoms with Gasteiger partial charge in [-0.15, -0.1) is 0 Å². The molecule has 1 aromatic heterocycles. The number of aliphatic hydroxyl groups excluding tert-OH is 1. The summed E-state index contributed by atoms with van der Waals surface area (Å²) in [7, 11) is 0. The molecule has 0 aliphatic carbocycles. The fourth-order valence-corrected chi connectivity index (χ4v) is 1.88. The first kappa shape index (κ1) is 11.9. The first-order valence-electron chi connectivity index (χ1n) is 6.06. The molecule has 0 fully saturated rings. The molecule has 3 nitrogen and oxygen atoms in total. The predicted octanol–water partition coefficient (Wildman–Crippen LogP) is 2.12. The molecule has 90 valence electrons. The molecule has 0 amide bonds. The lowest BCUT2D eigenvalue weighted by molar-refractivity contribution is 0.298. The van der Waals surface area contributed by atoms with Crippen LogP contribution in [0, 0.1) is 0 Å². The molecule has 2 aromatic rings. The molecule has 0 unspecified atom stereocenters. The van der Waals surface area contributed by atoms with Gasteiger partial charge in [0.25, 0.3) is 0 Å². The van der Waals surface area contributed by atoms with Crippen molar-refractivity contribution in [2.45, 2.75) is 25.7 Å². The highest BCUT2D eigenvalue weighted by molar-refractivity contribution is 5.14. The van der Waals surface area contributed by atoms with E-state index in [1.165, 1.54) is 5.56 Å². The SMILES string of the molecule is OCCc1cnc(CCCc2ccccc2)[nH]1. The van der Waals surface area contributed by atoms with Crippen molar-refractivity contribution in [1.29, 1.82) is 0 Å². The van der Waals surface area contributed by atoms with Crippen LogP contribution in [-0.2, 0) is 19.3 Å². The van der Waals surface area contributed by atoms with Crippen LogP contribution in [0.15, 0.2) is 36.5 Å². The van der Waals surface area contributed by atoms with Gasteiger partial charge in [0.15, 0.2) is 0 Å². The highest BCUT2D eigenvalue weighted by Crippen LogP contribution is 2.06. The minimum Gasteiger partial charge on any atom is -0.396 e. The number of nitrogens with one attached hydrogen (secondary N) is 1. The summed E-state index contributed by atoms with van der Waals surface area (Å²) in [5.74, 6) is 1.02. The predicted molar refractivity (Wildman–Crippen MR) is 67.8 cm³/mol. The van der Waals surface area contributed by atoms with Crippen molar-refractivity contribution in [2.75, 3.05) is 6.61 Å². The molecule has 0 spiro atoms. The van der Waals surface area contributed by atoms with Gasteiger partial charge in [0.05, 0.1) is 0 Å². The van der Waals surface area contributed by atoms with Gasteiger partial charge < -0.3 is 10.1 Å². The summed E-state index contributed by atoms with van der Waals surface area (Å²) in [5.41, 5.74) is 2.39. The van der Waals surface area contributed by atoms with Crippen LogP contribution in [0.4, 0.5) is 0 Å². The number of H-pyrrole nitrogens is 1. The second-order valence-corrected chi connectivity index (χ2v) is 4.17. The van der Waals surface area contributed by atoms with Crippen molar-refractivity contribution in [2.24, 2.45) is 0 Å². The Hall–Kier alpha value is -1.61. The molecule has 0 aliphatic rings. The first-order valence-corrected chi connectivity index (χ1v) is 6.06. The van der Waals surface area contributed by atoms with Crippen molar-refractivity contribution < 1.29 is 5.11 Å². The number of rotatable bonds is 6. The van der Waals surface area contributed by atoms with Crippen molar-refractivity contribution in [3.8, 4) is 0 Å². The van der Waals surface area contributed by atoms with Gasteiger partial charge in [0.2, 0.25) is 0 Å². The number of benzene rings is 1. The van der Waals surface area contributed by atoms with E-state index in [-0.39, 0.29) is 6.61 Å². The normalized spacial score (nSPS) is 10.6. The van der Waals surface area contributed by atoms with Gasteiger partial charge in [0, 0.05) is 31.3 Å². The van der Waals surface area contributed by atoms with Gasteiger partial charge in [-0.2, -0.15) is 0 Å². The first-order chi connectivity index (χ1) is 8.38. The van der Waals surface area contributed by atoms with E-state index in [4.69, 9.17) is 5.11 Å². The Morgan fingerprint density at radius 2 is 1.88 bits per heavy atom. The lowest BCUT2D eigenvalue weighted by atomic mass is 10.1. The van der Waals surface area contributed by atoms with E-state index in [0.717, 1.165) is 30.8 Å². The van der Waals surface area contributed by atoms with E-state index in [1.54, 1.807) is 0 Å². The highest BCUT2D eigenvalue weighted by Gasteiger charge is 2.00. The van der Waals surface area contributed by atoms with Crippen molar-refractivity contribution >= 4 is 0 Å². The van der Waals surface area contributed by atoms with Gasteiger partial charge in [0.1, 0.15) is 5.82 Å². The molecule has 0 radical (unpaired) electrons. The lowest BCUT2D eigenvalue weighted by Crippen LogP contribution is -1.94. The molecular formula is C14H18N2O. The molecule has 2 N–H and O–H groups in total. The average molecular weight is 230 g/mol. The zero-order chi connectivity index (χ0) is 11.9. The highest BCUT2D eigenvalue weighted by atomic mass is 16.3. The number of aromatic nitrogens is 2. The number of aromatic amines is 1. The number of aliphatic hydroxyl groups is 1. The zero-order valence-corrected chi connectivity index (χ0v) is 9.89. The fourth-order valence-electron chi connectivity index (χ4n) is 1.88. The van der Waals surface area contributed by atoms with E-state index in [1.807, 2.05) is 12.3 Å². The second kappa shape index (κ2) is 6.21. The van der Waals surface area contributed by atoms with Crippen LogP contribution in [0.25, 0.3) is 0 Å². The van der Waals surface area contributed by atoms with Gasteiger partial charge in [-0.1, -0.05) is 30.3 Å². The molecular weight excluding hydrogens is 212 g/mol. The monoisotopic (exact) mass is 230 g/mol. The van der Waals surface area contributed by atoms with Crippen LogP contribution in [-0.4, -0.2) is 21.7 Å². The van der Waals surface area contributed by atoms with Crippen LogP contribution >= 0.6 is 0 Å². The molecule has 0 saturated heterocycles. The number of hydrogen-bond donors (Lipinski definition) is 2. The number of nitrogens with zero attached hydrogens (tertiary/aromatic N) is 1. The van der Waals surface area contributed by atoms with Crippen LogP contribution in [0.3, 0.4) is 0 Å². The molecule has 17 heavy (non-hydrogen) atoms. The van der Waals surface area contributed by atoms with E-state index in [9.17, 15) is 0 Å². The average Bonchev–Trinajstić information content (AvgIpc) is 2.79. The molecule has 2 rings (SSSR count). The third kappa shape index (κ3) is 3.71. The third-order valence-electron chi connectivity index (χ3n) is 2.78. The molecule has 0 aliphatic heterocycles. The van der Waals surface area contributed by atoms with E-state index in [2.05, 4.69) is 34.2 Å². The summed E-state index contributed by atoms with van der Waals surface area (Å²) in [6.07, 6.45) is 5.60. The van der Waals surface area contributed by atoms with Gasteiger partial charge >= 0.3 is 0 Å². The number of hydrogen-bond acceptors (Lipinski definition) is 2. The molecule has 1 aromatic carbocycles. The Morgan fingerprint density at radius 3 is 2.65 bits per heavy atom. The van der Waals surface area contributed by atoms with E-state index < -0.39 is 0 Å². The van der Waals surface area contributed by atoms with Gasteiger partial charge in [-0.3, -0.25) is 0 Å². The topological polar surface area (TPSA) is 48.9 Å². The standard InChI is InChI=1S/C14H18N2O/c17-10-9-13-11-15-14(16-13)8-4-7-12-5-2-1-3-6-12/h1-3,5-6,11,17H,4,7-10H2,(H,15,16). The van der Waals surface area contributed by atoms with Crippen LogP contribution in [0.1, 0.15) is 23.5 Å². The second-order valence-electron chi connectivity index (χ2n) is 4.17. The smallest absolute Gasteiger partial charge is 0.106 e. The van der Waals surface area contributed by atoms with Crippen LogP contribution in [0.5, 0.6) is 0 Å². The largest absolute Gasteiger partial charge is 0.396 e. The van der Waals surface area contributed by atoms with Crippen LogP contribution < -0.4 is 0 Å². The summed E-state index contributed by atoms with van der Waals surface area (Å²) < 4.78 is 0. The third-order valence-corrected chi connectivity index (χ3v) is 2.78. The maximum atomic E-state index is 8.81. The summed E-state index contributed by atoms with van der Waals surface area (Å²) in [5, 5.41) is 8.81. The Morgan fingerprint density at radius 1 is 1.06 bits per heavy atom. The summed E-state index contributed by atoms with van der Waals surface area (Å²) in [4.78, 5) is 7.53. The van der Waals surface area contributed by atoms with Gasteiger partial charge in [-0.05, 0) is 18.4 Å². The fraction of sp³-hybridized carbons (Fsp3) is 0.357. The minimum absolute atomic E-state index is 0.172. The zero-order valence-electron chi connectivity index (χ0n) is 9.89. The lowest BCUT2D eigenvalue weighted by Gasteiger charge is -1.99. The molecule has 0 bridgehead atoms. The Balaban J connectivity index is 1.78. The molecule has 0 atom stereocenters. The molecule has 0 saturated carbocycles. The maximum absolute atomic E-state index is 8.81. The molecule has 1 heterocycles. The Kier molecular flexibility index (Phi) is 4.33. The Bertz CT molecular complexity index is 436. The van der Waals surface area contributed by atoms with Crippen molar-refractivity contribution in [3.63, 3.8) is 0 Å². The summed E-state index contributed by atoms with van der Waals surface area (Å²) in [6.45, 7) is 0.172. The minimum atomic E-state index is 0.172. The van der Waals surface area contributed by atoms with E-state index >= 15 is 0 Å². The van der Waals surface area contributed by atoms with Gasteiger partial charge in [-0.25, -0.2) is 4.98 Å². The van der Waals surface area contributed by atoms with Crippen molar-refractivity contribution in [3.05, 3.63) is 53.6 Å². The van der Waals surface area contributed by atoms with Crippen LogP contribution in [0.2, 0.25) is 0 Å². The quantitative estimate of drug-likeness (QED) is 0.798. The van der Waals surface area contributed by atoms with Crippen molar-refractivity contribution in [1.82, 2.24) is 9.97 Å². The Labute approximate surface area is 102 Å². The van der Waals surface area contributed by atoms with E-state index in [0.29, 0.717) is 6.42 Å². The maximum Gasteiger partial charge on any atom is 0.106 e. The summed E-state index contributed by atoms with van der Waals surface area (Å²) >= 11 is 0. The summed E-state index contributed by atoms with van der Waals surface area (Å²) in [6, 6.07) is 10.5.